The number of hydrogen-bond donors (Lipinski definition) is 1. The first kappa shape index (κ1) is 16.4. The molecule has 0 unspecified atom stereocenters. The number of hydrazine groups is 1. The largest absolute Gasteiger partial charge is 0.286 e. The first-order valence-electron chi connectivity index (χ1n) is 6.45. The van der Waals surface area contributed by atoms with Crippen LogP contribution in [-0.4, -0.2) is 41.5 Å². The average molecular weight is 340 g/mol. The van der Waals surface area contributed by atoms with Gasteiger partial charge in [0.25, 0.3) is 11.8 Å². The second-order valence-electron chi connectivity index (χ2n) is 5.63. The third-order valence-corrected chi connectivity index (χ3v) is 4.43. The third kappa shape index (κ3) is 3.28. The lowest BCUT2D eigenvalue weighted by molar-refractivity contribution is 0.0363. The lowest BCUT2D eigenvalue weighted by Crippen LogP contribution is -2.55. The quantitative estimate of drug-likeness (QED) is 0.833. The summed E-state index contributed by atoms with van der Waals surface area (Å²) in [6, 6.07) is 0. The third-order valence-electron chi connectivity index (χ3n) is 2.79. The number of nitrogens with one attached hydrogen (secondary N) is 1. The Hall–Kier alpha value is -1.94. The van der Waals surface area contributed by atoms with E-state index in [4.69, 9.17) is 0 Å². The molecule has 2 heterocycles. The summed E-state index contributed by atoms with van der Waals surface area (Å²) in [7, 11) is 0. The van der Waals surface area contributed by atoms with Gasteiger partial charge in [0.05, 0.1) is 16.9 Å². The summed E-state index contributed by atoms with van der Waals surface area (Å²) in [5.74, 6) is -0.755. The molecule has 0 aliphatic heterocycles. The highest BCUT2D eigenvalue weighted by atomic mass is 32.1. The monoisotopic (exact) mass is 340 g/mol. The predicted molar refractivity (Wildman–Crippen MR) is 82.7 cm³/mol. The van der Waals surface area contributed by atoms with Gasteiger partial charge in [-0.25, -0.2) is 5.01 Å². The minimum atomic E-state index is -0.616. The molecule has 0 aliphatic rings. The number of carbonyl (C=O) groups excluding carboxylic acids is 2. The van der Waals surface area contributed by atoms with Crippen LogP contribution in [0, 0.1) is 13.8 Å². The summed E-state index contributed by atoms with van der Waals surface area (Å²) in [6.07, 6.45) is 0. The molecule has 8 nitrogen and oxygen atoms in total. The van der Waals surface area contributed by atoms with Crippen LogP contribution in [0.25, 0.3) is 0 Å². The number of carbonyl (C=O) groups is 2. The van der Waals surface area contributed by atoms with Gasteiger partial charge < -0.3 is 0 Å². The van der Waals surface area contributed by atoms with Crippen molar-refractivity contribution in [1.29, 1.82) is 0 Å². The molecule has 0 saturated carbocycles. The minimum absolute atomic E-state index is 0.344. The Bertz CT molecular complexity index is 703. The Morgan fingerprint density at radius 3 is 1.91 bits per heavy atom. The molecule has 2 amide bonds. The molecule has 10 heteroatoms. The summed E-state index contributed by atoms with van der Waals surface area (Å²) in [4.78, 5) is 25.8. The fourth-order valence-electron chi connectivity index (χ4n) is 1.64. The van der Waals surface area contributed by atoms with Crippen LogP contribution in [0.4, 0.5) is 0 Å². The van der Waals surface area contributed by atoms with E-state index < -0.39 is 11.4 Å². The van der Waals surface area contributed by atoms with Crippen molar-refractivity contribution in [3.05, 3.63) is 21.1 Å². The molecule has 22 heavy (non-hydrogen) atoms. The number of rotatable bonds is 2. The molecule has 0 bridgehead atoms. The van der Waals surface area contributed by atoms with E-state index in [1.165, 1.54) is 5.01 Å². The molecule has 0 aromatic carbocycles. The van der Waals surface area contributed by atoms with E-state index in [9.17, 15) is 9.59 Å². The number of aryl methyl sites for hydroxylation is 2. The van der Waals surface area contributed by atoms with Crippen LogP contribution in [0.2, 0.25) is 0 Å². The summed E-state index contributed by atoms with van der Waals surface area (Å²) < 4.78 is 7.49. The molecule has 0 radical (unpaired) electrons. The van der Waals surface area contributed by atoms with E-state index in [0.717, 1.165) is 23.1 Å². The van der Waals surface area contributed by atoms with Crippen LogP contribution in [-0.2, 0) is 0 Å². The molecule has 1 N–H and O–H groups in total. The van der Waals surface area contributed by atoms with Gasteiger partial charge in [0, 0.05) is 0 Å². The molecule has 0 atom stereocenters. The van der Waals surface area contributed by atoms with Crippen LogP contribution >= 0.6 is 23.1 Å². The Morgan fingerprint density at radius 2 is 1.50 bits per heavy atom. The summed E-state index contributed by atoms with van der Waals surface area (Å²) >= 11 is 1.99. The van der Waals surface area contributed by atoms with Gasteiger partial charge in [-0.1, -0.05) is 8.98 Å². The number of amides is 2. The number of hydrogen-bond acceptors (Lipinski definition) is 8. The predicted octanol–water partition coefficient (Wildman–Crippen LogP) is 1.59. The van der Waals surface area contributed by atoms with E-state index in [0.29, 0.717) is 21.1 Å². The van der Waals surface area contributed by atoms with Crippen molar-refractivity contribution >= 4 is 34.9 Å². The molecule has 0 aliphatic carbocycles. The van der Waals surface area contributed by atoms with Crippen LogP contribution in [0.15, 0.2) is 0 Å². The van der Waals surface area contributed by atoms with Crippen LogP contribution < -0.4 is 5.43 Å². The lowest BCUT2D eigenvalue weighted by atomic mass is 10.1. The van der Waals surface area contributed by atoms with Crippen molar-refractivity contribution in [2.24, 2.45) is 0 Å². The summed E-state index contributed by atoms with van der Waals surface area (Å²) in [5, 5.41) is 8.93. The van der Waals surface area contributed by atoms with E-state index in [-0.39, 0.29) is 5.91 Å². The van der Waals surface area contributed by atoms with Gasteiger partial charge in [0.15, 0.2) is 0 Å². The first-order chi connectivity index (χ1) is 10.2. The standard InChI is InChI=1S/C12H16N6O2S2/c1-6-8(21-16-13-6)10(19)15-18(12(3,4)5)11(20)9-7(2)14-17-22-9/h1-5H3,(H,15,19). The second kappa shape index (κ2) is 6.05. The number of nitrogens with zero attached hydrogens (tertiary/aromatic N) is 5. The molecule has 2 rings (SSSR count). The van der Waals surface area contributed by atoms with Crippen LogP contribution in [0.5, 0.6) is 0 Å². The van der Waals surface area contributed by atoms with Gasteiger partial charge in [0.2, 0.25) is 0 Å². The first-order valence-corrected chi connectivity index (χ1v) is 8.00. The maximum Gasteiger partial charge on any atom is 0.286 e. The van der Waals surface area contributed by atoms with E-state index >= 15 is 0 Å². The van der Waals surface area contributed by atoms with Crippen molar-refractivity contribution in [3.8, 4) is 0 Å². The zero-order valence-corrected chi connectivity index (χ0v) is 14.5. The van der Waals surface area contributed by atoms with Crippen molar-refractivity contribution in [3.63, 3.8) is 0 Å². The highest BCUT2D eigenvalue weighted by Crippen LogP contribution is 2.19. The second-order valence-corrected chi connectivity index (χ2v) is 7.14. The fourth-order valence-corrected chi connectivity index (χ4v) is 2.78. The highest BCUT2D eigenvalue weighted by Gasteiger charge is 2.32. The molecule has 0 saturated heterocycles. The van der Waals surface area contributed by atoms with Gasteiger partial charge in [-0.3, -0.25) is 15.0 Å². The van der Waals surface area contributed by atoms with Gasteiger partial charge in [-0.15, -0.1) is 10.2 Å². The Balaban J connectivity index is 2.29. The lowest BCUT2D eigenvalue weighted by Gasteiger charge is -2.34. The smallest absolute Gasteiger partial charge is 0.266 e. The number of aromatic nitrogens is 4. The molecule has 0 spiro atoms. The molecular formula is C12H16N6O2S2. The average Bonchev–Trinajstić information content (AvgIpc) is 3.02. The Labute approximate surface area is 135 Å². The van der Waals surface area contributed by atoms with Crippen LogP contribution in [0.3, 0.4) is 0 Å². The zero-order chi connectivity index (χ0) is 16.5. The van der Waals surface area contributed by atoms with Gasteiger partial charge >= 0.3 is 0 Å². The molecule has 2 aromatic rings. The molecule has 0 fully saturated rings. The normalized spacial score (nSPS) is 11.3. The van der Waals surface area contributed by atoms with Crippen LogP contribution in [0.1, 0.15) is 51.5 Å². The Morgan fingerprint density at radius 1 is 1.00 bits per heavy atom. The summed E-state index contributed by atoms with van der Waals surface area (Å²) in [5.41, 5.74) is 3.09. The van der Waals surface area contributed by atoms with Crippen molar-refractivity contribution in [2.45, 2.75) is 40.2 Å². The van der Waals surface area contributed by atoms with Gasteiger partial charge in [-0.05, 0) is 57.7 Å². The van der Waals surface area contributed by atoms with Gasteiger partial charge in [0.1, 0.15) is 9.75 Å². The maximum absolute atomic E-state index is 12.7. The topological polar surface area (TPSA) is 101 Å². The highest BCUT2D eigenvalue weighted by molar-refractivity contribution is 7.08. The van der Waals surface area contributed by atoms with Crippen molar-refractivity contribution in [1.82, 2.24) is 29.6 Å². The maximum atomic E-state index is 12.7. The Kier molecular flexibility index (Phi) is 4.52. The fraction of sp³-hybridized carbons (Fsp3) is 0.500. The zero-order valence-electron chi connectivity index (χ0n) is 12.9. The SMILES string of the molecule is Cc1nnsc1C(=O)NN(C(=O)c1snnc1C)C(C)(C)C. The van der Waals surface area contributed by atoms with E-state index in [1.807, 2.05) is 20.8 Å². The van der Waals surface area contributed by atoms with E-state index in [1.54, 1.807) is 13.8 Å². The van der Waals surface area contributed by atoms with Gasteiger partial charge in [-0.2, -0.15) is 0 Å². The minimum Gasteiger partial charge on any atom is -0.266 e. The molecule has 2 aromatic heterocycles. The molecule has 118 valence electrons. The van der Waals surface area contributed by atoms with E-state index in [2.05, 4.69) is 24.6 Å². The molecular weight excluding hydrogens is 324 g/mol. The summed E-state index contributed by atoms with van der Waals surface area (Å²) in [6.45, 7) is 8.88. The van der Waals surface area contributed by atoms with Crippen molar-refractivity contribution in [2.75, 3.05) is 0 Å². The van der Waals surface area contributed by atoms with Crippen molar-refractivity contribution < 1.29 is 9.59 Å².